The van der Waals surface area contributed by atoms with Gasteiger partial charge in [0.05, 0.1) is 0 Å². The molecule has 3 heteroatoms. The van der Waals surface area contributed by atoms with Gasteiger partial charge < -0.3 is 10.0 Å². The van der Waals surface area contributed by atoms with Gasteiger partial charge in [0, 0.05) is 18.7 Å². The number of benzene rings is 2. The van der Waals surface area contributed by atoms with E-state index in [9.17, 15) is 9.90 Å². The summed E-state index contributed by atoms with van der Waals surface area (Å²) in [5, 5.41) is 9.43. The summed E-state index contributed by atoms with van der Waals surface area (Å²) in [6.07, 6.45) is 2.60. The molecule has 4 rings (SSSR count). The van der Waals surface area contributed by atoms with E-state index in [0.29, 0.717) is 0 Å². The van der Waals surface area contributed by atoms with Crippen LogP contribution in [0.3, 0.4) is 0 Å². The van der Waals surface area contributed by atoms with Crippen molar-refractivity contribution in [1.82, 2.24) is 0 Å². The molecule has 21 heavy (non-hydrogen) atoms. The largest absolute Gasteiger partial charge is 0.480 e. The van der Waals surface area contributed by atoms with Crippen molar-refractivity contribution in [2.24, 2.45) is 0 Å². The normalized spacial score (nSPS) is 19.4. The molecule has 1 N–H and O–H groups in total. The van der Waals surface area contributed by atoms with Crippen molar-refractivity contribution in [3.8, 4) is 11.1 Å². The van der Waals surface area contributed by atoms with Crippen LogP contribution in [-0.2, 0) is 11.2 Å². The molecule has 0 radical (unpaired) electrons. The third-order valence-corrected chi connectivity index (χ3v) is 4.67. The van der Waals surface area contributed by atoms with Crippen LogP contribution in [0.25, 0.3) is 11.1 Å². The Labute approximate surface area is 123 Å². The van der Waals surface area contributed by atoms with Gasteiger partial charge in [-0.2, -0.15) is 0 Å². The molecule has 3 nitrogen and oxygen atoms in total. The zero-order chi connectivity index (χ0) is 14.4. The van der Waals surface area contributed by atoms with Crippen LogP contribution in [0.1, 0.15) is 24.0 Å². The smallest absolute Gasteiger partial charge is 0.326 e. The van der Waals surface area contributed by atoms with E-state index in [1.807, 2.05) is 6.07 Å². The van der Waals surface area contributed by atoms with Gasteiger partial charge in [0.15, 0.2) is 0 Å². The van der Waals surface area contributed by atoms with Crippen LogP contribution in [-0.4, -0.2) is 23.7 Å². The summed E-state index contributed by atoms with van der Waals surface area (Å²) < 4.78 is 0. The molecule has 0 aromatic heterocycles. The molecule has 1 saturated heterocycles. The lowest BCUT2D eigenvalue weighted by atomic mass is 10.0. The monoisotopic (exact) mass is 279 g/mol. The SMILES string of the molecule is O=C(O)[C@@H]1CCCN1c1cccc2c1Cc1ccccc1-2. The molecule has 1 fully saturated rings. The average molecular weight is 279 g/mol. The Morgan fingerprint density at radius 2 is 1.90 bits per heavy atom. The minimum Gasteiger partial charge on any atom is -0.480 e. The second-order valence-corrected chi connectivity index (χ2v) is 5.83. The van der Waals surface area contributed by atoms with Crippen molar-refractivity contribution in [2.45, 2.75) is 25.3 Å². The lowest BCUT2D eigenvalue weighted by Gasteiger charge is -2.26. The predicted molar refractivity (Wildman–Crippen MR) is 82.7 cm³/mol. The maximum absolute atomic E-state index is 11.5. The van der Waals surface area contributed by atoms with Crippen LogP contribution >= 0.6 is 0 Å². The highest BCUT2D eigenvalue weighted by molar-refractivity contribution is 5.85. The highest BCUT2D eigenvalue weighted by Gasteiger charge is 2.33. The number of carboxylic acid groups (broad SMARTS) is 1. The van der Waals surface area contributed by atoms with E-state index in [2.05, 4.69) is 41.3 Å². The van der Waals surface area contributed by atoms with E-state index in [4.69, 9.17) is 0 Å². The van der Waals surface area contributed by atoms with Crippen molar-refractivity contribution in [2.75, 3.05) is 11.4 Å². The molecule has 2 aliphatic rings. The molecule has 0 unspecified atom stereocenters. The minimum atomic E-state index is -0.708. The standard InChI is InChI=1S/C18H17NO2/c20-18(21)17-9-4-10-19(17)16-8-3-7-14-13-6-2-1-5-12(13)11-15(14)16/h1-3,5-8,17H,4,9-11H2,(H,20,21)/t17-/m0/s1. The number of carbonyl (C=O) groups is 1. The van der Waals surface area contributed by atoms with Crippen molar-refractivity contribution in [3.63, 3.8) is 0 Å². The summed E-state index contributed by atoms with van der Waals surface area (Å²) in [7, 11) is 0. The van der Waals surface area contributed by atoms with Gasteiger partial charge in [-0.15, -0.1) is 0 Å². The van der Waals surface area contributed by atoms with Gasteiger partial charge in [-0.1, -0.05) is 36.4 Å². The fourth-order valence-corrected chi connectivity index (χ4v) is 3.72. The summed E-state index contributed by atoms with van der Waals surface area (Å²) in [5.74, 6) is -0.708. The molecule has 1 heterocycles. The first-order valence-corrected chi connectivity index (χ1v) is 7.45. The van der Waals surface area contributed by atoms with Gasteiger partial charge in [0.1, 0.15) is 6.04 Å². The average Bonchev–Trinajstić information content (AvgIpc) is 3.11. The minimum absolute atomic E-state index is 0.375. The fourth-order valence-electron chi connectivity index (χ4n) is 3.72. The van der Waals surface area contributed by atoms with Crippen molar-refractivity contribution < 1.29 is 9.90 Å². The summed E-state index contributed by atoms with van der Waals surface area (Å²) in [6.45, 7) is 0.837. The Balaban J connectivity index is 1.81. The van der Waals surface area contributed by atoms with E-state index < -0.39 is 5.97 Å². The van der Waals surface area contributed by atoms with Crippen molar-refractivity contribution >= 4 is 11.7 Å². The Hall–Kier alpha value is -2.29. The van der Waals surface area contributed by atoms with Crippen LogP contribution in [0.5, 0.6) is 0 Å². The molecule has 0 bridgehead atoms. The highest BCUT2D eigenvalue weighted by atomic mass is 16.4. The first-order valence-electron chi connectivity index (χ1n) is 7.45. The summed E-state index contributed by atoms with van der Waals surface area (Å²) in [4.78, 5) is 13.5. The number of hydrogen-bond acceptors (Lipinski definition) is 2. The Bertz CT molecular complexity index is 723. The number of aliphatic carboxylic acids is 1. The number of anilines is 1. The third-order valence-electron chi connectivity index (χ3n) is 4.67. The Kier molecular flexibility index (Phi) is 2.74. The molecule has 1 atom stereocenters. The fraction of sp³-hybridized carbons (Fsp3) is 0.278. The summed E-state index contributed by atoms with van der Waals surface area (Å²) in [5.41, 5.74) is 6.28. The van der Waals surface area contributed by atoms with E-state index >= 15 is 0 Å². The van der Waals surface area contributed by atoms with Crippen LogP contribution < -0.4 is 4.90 Å². The summed E-state index contributed by atoms with van der Waals surface area (Å²) in [6, 6.07) is 14.4. The van der Waals surface area contributed by atoms with Gasteiger partial charge in [-0.05, 0) is 41.2 Å². The number of fused-ring (bicyclic) bond motifs is 3. The Morgan fingerprint density at radius 1 is 1.10 bits per heavy atom. The second-order valence-electron chi connectivity index (χ2n) is 5.83. The highest BCUT2D eigenvalue weighted by Crippen LogP contribution is 2.42. The molecule has 2 aromatic carbocycles. The molecular formula is C18H17NO2. The third kappa shape index (κ3) is 1.84. The number of hydrogen-bond donors (Lipinski definition) is 1. The van der Waals surface area contributed by atoms with Gasteiger partial charge >= 0.3 is 5.97 Å². The van der Waals surface area contributed by atoms with E-state index in [-0.39, 0.29) is 6.04 Å². The number of rotatable bonds is 2. The second kappa shape index (κ2) is 4.62. The molecule has 1 aliphatic heterocycles. The maximum Gasteiger partial charge on any atom is 0.326 e. The topological polar surface area (TPSA) is 40.5 Å². The van der Waals surface area contributed by atoms with Crippen LogP contribution in [0, 0.1) is 0 Å². The van der Waals surface area contributed by atoms with Crippen LogP contribution in [0.4, 0.5) is 5.69 Å². The quantitative estimate of drug-likeness (QED) is 0.782. The maximum atomic E-state index is 11.5. The Morgan fingerprint density at radius 3 is 2.76 bits per heavy atom. The number of carboxylic acids is 1. The molecule has 0 saturated carbocycles. The number of nitrogens with zero attached hydrogens (tertiary/aromatic N) is 1. The predicted octanol–water partition coefficient (Wildman–Crippen LogP) is 3.31. The molecule has 0 spiro atoms. The van der Waals surface area contributed by atoms with Crippen LogP contribution in [0.15, 0.2) is 42.5 Å². The molecular weight excluding hydrogens is 262 g/mol. The van der Waals surface area contributed by atoms with Gasteiger partial charge in [0.2, 0.25) is 0 Å². The van der Waals surface area contributed by atoms with Gasteiger partial charge in [-0.3, -0.25) is 0 Å². The van der Waals surface area contributed by atoms with E-state index in [1.54, 1.807) is 0 Å². The zero-order valence-corrected chi connectivity index (χ0v) is 11.7. The first kappa shape index (κ1) is 12.5. The molecule has 2 aromatic rings. The van der Waals surface area contributed by atoms with Crippen molar-refractivity contribution in [1.29, 1.82) is 0 Å². The summed E-state index contributed by atoms with van der Waals surface area (Å²) >= 11 is 0. The van der Waals surface area contributed by atoms with Gasteiger partial charge in [0.25, 0.3) is 0 Å². The lowest BCUT2D eigenvalue weighted by molar-refractivity contribution is -0.138. The molecule has 1 aliphatic carbocycles. The zero-order valence-electron chi connectivity index (χ0n) is 11.7. The van der Waals surface area contributed by atoms with Gasteiger partial charge in [-0.25, -0.2) is 4.79 Å². The van der Waals surface area contributed by atoms with E-state index in [1.165, 1.54) is 22.3 Å². The van der Waals surface area contributed by atoms with Crippen LogP contribution in [0.2, 0.25) is 0 Å². The van der Waals surface area contributed by atoms with Crippen molar-refractivity contribution in [3.05, 3.63) is 53.6 Å². The molecule has 0 amide bonds. The van der Waals surface area contributed by atoms with E-state index in [0.717, 1.165) is 31.5 Å². The first-order chi connectivity index (χ1) is 10.3. The lowest BCUT2D eigenvalue weighted by Crippen LogP contribution is -2.36. The molecule has 106 valence electrons.